The van der Waals surface area contributed by atoms with E-state index in [1.807, 2.05) is 32.0 Å². The van der Waals surface area contributed by atoms with Crippen LogP contribution in [0, 0.1) is 25.7 Å². The minimum Gasteiger partial charge on any atom is -0.336 e. The van der Waals surface area contributed by atoms with E-state index in [1.54, 1.807) is 7.05 Å². The quantitative estimate of drug-likeness (QED) is 0.744. The molecule has 1 saturated heterocycles. The second kappa shape index (κ2) is 8.76. The number of carbonyl (C=O) groups excluding carboxylic acids is 4. The standard InChI is InChI=1S/C22H29N3O4/c1-14-8-9-15(2)18(12-14)23-19(26)13-24(3)20(27)10-11-25-21(28)16-6-4-5-7-17(16)22(25)29/h8-9,12,16-17H,4-7,10-11,13H2,1-3H3,(H,23,26)/t16-,17-/m1/s1. The molecule has 1 aromatic carbocycles. The minimum absolute atomic E-state index is 0.0319. The predicted molar refractivity (Wildman–Crippen MR) is 109 cm³/mol. The van der Waals surface area contributed by atoms with Crippen molar-refractivity contribution in [3.05, 3.63) is 29.3 Å². The van der Waals surface area contributed by atoms with Gasteiger partial charge in [0.2, 0.25) is 23.6 Å². The number of carbonyl (C=O) groups is 4. The van der Waals surface area contributed by atoms with Crippen molar-refractivity contribution in [1.29, 1.82) is 0 Å². The minimum atomic E-state index is -0.283. The van der Waals surface area contributed by atoms with Gasteiger partial charge in [0.1, 0.15) is 0 Å². The van der Waals surface area contributed by atoms with Crippen molar-refractivity contribution >= 4 is 29.3 Å². The summed E-state index contributed by atoms with van der Waals surface area (Å²) in [4.78, 5) is 52.3. The van der Waals surface area contributed by atoms with Crippen LogP contribution in [0.5, 0.6) is 0 Å². The van der Waals surface area contributed by atoms with Gasteiger partial charge in [0.05, 0.1) is 18.4 Å². The molecule has 1 N–H and O–H groups in total. The van der Waals surface area contributed by atoms with Gasteiger partial charge >= 0.3 is 0 Å². The molecule has 0 radical (unpaired) electrons. The van der Waals surface area contributed by atoms with Gasteiger partial charge in [-0.05, 0) is 43.9 Å². The van der Waals surface area contributed by atoms with Crippen LogP contribution in [0.3, 0.4) is 0 Å². The Morgan fingerprint density at radius 1 is 1.10 bits per heavy atom. The molecule has 3 rings (SSSR count). The van der Waals surface area contributed by atoms with E-state index in [1.165, 1.54) is 9.80 Å². The number of nitrogens with zero attached hydrogens (tertiary/aromatic N) is 2. The van der Waals surface area contributed by atoms with E-state index in [9.17, 15) is 19.2 Å². The SMILES string of the molecule is Cc1ccc(C)c(NC(=O)CN(C)C(=O)CCN2C(=O)[C@@H]3CCCC[C@H]3C2=O)c1. The van der Waals surface area contributed by atoms with E-state index in [0.717, 1.165) is 42.5 Å². The number of anilines is 1. The molecular formula is C22H29N3O4. The van der Waals surface area contributed by atoms with E-state index in [0.29, 0.717) is 0 Å². The highest BCUT2D eigenvalue weighted by Crippen LogP contribution is 2.37. The first-order chi connectivity index (χ1) is 13.8. The van der Waals surface area contributed by atoms with Crippen LogP contribution in [0.1, 0.15) is 43.2 Å². The molecule has 7 heteroatoms. The lowest BCUT2D eigenvalue weighted by Crippen LogP contribution is -2.38. The van der Waals surface area contributed by atoms with Crippen molar-refractivity contribution in [2.45, 2.75) is 46.0 Å². The maximum Gasteiger partial charge on any atom is 0.243 e. The van der Waals surface area contributed by atoms with Gasteiger partial charge < -0.3 is 10.2 Å². The number of hydrogen-bond acceptors (Lipinski definition) is 4. The smallest absolute Gasteiger partial charge is 0.243 e. The van der Waals surface area contributed by atoms with Crippen molar-refractivity contribution in [1.82, 2.24) is 9.80 Å². The first-order valence-electron chi connectivity index (χ1n) is 10.2. The van der Waals surface area contributed by atoms with Crippen molar-refractivity contribution in [3.63, 3.8) is 0 Å². The van der Waals surface area contributed by atoms with Crippen LogP contribution in [0.25, 0.3) is 0 Å². The summed E-state index contributed by atoms with van der Waals surface area (Å²) >= 11 is 0. The normalized spacial score (nSPS) is 21.1. The van der Waals surface area contributed by atoms with Crippen molar-refractivity contribution in [2.24, 2.45) is 11.8 Å². The predicted octanol–water partition coefficient (Wildman–Crippen LogP) is 2.27. The number of fused-ring (bicyclic) bond motifs is 1. The fourth-order valence-corrected chi connectivity index (χ4v) is 4.21. The molecule has 0 unspecified atom stereocenters. The van der Waals surface area contributed by atoms with E-state index in [-0.39, 0.29) is 55.0 Å². The number of nitrogens with one attached hydrogen (secondary N) is 1. The maximum atomic E-state index is 12.5. The molecule has 1 aromatic rings. The molecule has 2 aliphatic rings. The average Bonchev–Trinajstić information content (AvgIpc) is 2.93. The highest BCUT2D eigenvalue weighted by Gasteiger charge is 2.47. The van der Waals surface area contributed by atoms with Crippen LogP contribution in [-0.4, -0.2) is 53.6 Å². The second-order valence-corrected chi connectivity index (χ2v) is 8.19. The Labute approximate surface area is 171 Å². The Kier molecular flexibility index (Phi) is 6.35. The number of imide groups is 1. The molecule has 4 amide bonds. The summed E-state index contributed by atoms with van der Waals surface area (Å²) in [5, 5.41) is 2.83. The summed E-state index contributed by atoms with van der Waals surface area (Å²) in [6.07, 6.45) is 3.51. The van der Waals surface area contributed by atoms with Crippen LogP contribution in [0.4, 0.5) is 5.69 Å². The van der Waals surface area contributed by atoms with Gasteiger partial charge in [0.25, 0.3) is 0 Å². The lowest BCUT2D eigenvalue weighted by molar-refractivity contribution is -0.141. The third kappa shape index (κ3) is 4.66. The summed E-state index contributed by atoms with van der Waals surface area (Å²) in [5.74, 6) is -1.23. The first kappa shape index (κ1) is 21.0. The van der Waals surface area contributed by atoms with Gasteiger partial charge in [-0.2, -0.15) is 0 Å². The van der Waals surface area contributed by atoms with Gasteiger partial charge in [-0.1, -0.05) is 25.0 Å². The lowest BCUT2D eigenvalue weighted by Gasteiger charge is -2.20. The molecule has 1 saturated carbocycles. The number of amides is 4. The highest BCUT2D eigenvalue weighted by molar-refractivity contribution is 6.05. The molecule has 156 valence electrons. The largest absolute Gasteiger partial charge is 0.336 e. The van der Waals surface area contributed by atoms with Crippen molar-refractivity contribution in [3.8, 4) is 0 Å². The Hall–Kier alpha value is -2.70. The van der Waals surface area contributed by atoms with E-state index in [2.05, 4.69) is 5.32 Å². The zero-order valence-corrected chi connectivity index (χ0v) is 17.4. The molecule has 0 bridgehead atoms. The number of benzene rings is 1. The topological polar surface area (TPSA) is 86.8 Å². The van der Waals surface area contributed by atoms with Gasteiger partial charge in [-0.3, -0.25) is 24.1 Å². The Morgan fingerprint density at radius 2 is 1.72 bits per heavy atom. The van der Waals surface area contributed by atoms with Crippen LogP contribution >= 0.6 is 0 Å². The molecule has 0 aromatic heterocycles. The Balaban J connectivity index is 1.50. The molecule has 7 nitrogen and oxygen atoms in total. The molecule has 1 aliphatic heterocycles. The zero-order chi connectivity index (χ0) is 21.1. The molecular weight excluding hydrogens is 370 g/mol. The van der Waals surface area contributed by atoms with Gasteiger partial charge in [-0.15, -0.1) is 0 Å². The van der Waals surface area contributed by atoms with Gasteiger partial charge in [0, 0.05) is 25.7 Å². The fraction of sp³-hybridized carbons (Fsp3) is 0.545. The monoisotopic (exact) mass is 399 g/mol. The van der Waals surface area contributed by atoms with Crippen molar-refractivity contribution < 1.29 is 19.2 Å². The molecule has 1 heterocycles. The number of rotatable bonds is 6. The van der Waals surface area contributed by atoms with Crippen LogP contribution in [0.15, 0.2) is 18.2 Å². The highest BCUT2D eigenvalue weighted by atomic mass is 16.2. The van der Waals surface area contributed by atoms with Crippen molar-refractivity contribution in [2.75, 3.05) is 25.5 Å². The average molecular weight is 399 g/mol. The molecule has 0 spiro atoms. The molecule has 2 fully saturated rings. The summed E-state index contributed by atoms with van der Waals surface area (Å²) in [6, 6.07) is 5.79. The Bertz CT molecular complexity index is 811. The lowest BCUT2D eigenvalue weighted by atomic mass is 9.81. The Morgan fingerprint density at radius 3 is 2.34 bits per heavy atom. The third-order valence-corrected chi connectivity index (χ3v) is 5.96. The summed E-state index contributed by atoms with van der Waals surface area (Å²) in [7, 11) is 1.55. The summed E-state index contributed by atoms with van der Waals surface area (Å²) in [6.45, 7) is 3.86. The first-order valence-corrected chi connectivity index (χ1v) is 10.2. The maximum absolute atomic E-state index is 12.5. The number of aryl methyl sites for hydroxylation is 2. The molecule has 1 aliphatic carbocycles. The third-order valence-electron chi connectivity index (χ3n) is 5.96. The molecule has 2 atom stereocenters. The fourth-order valence-electron chi connectivity index (χ4n) is 4.21. The van der Waals surface area contributed by atoms with Gasteiger partial charge in [-0.25, -0.2) is 0 Å². The van der Waals surface area contributed by atoms with Crippen LogP contribution < -0.4 is 5.32 Å². The van der Waals surface area contributed by atoms with Crippen LogP contribution in [-0.2, 0) is 19.2 Å². The number of hydrogen-bond donors (Lipinski definition) is 1. The number of likely N-dealkylation sites (tertiary alicyclic amines) is 1. The van der Waals surface area contributed by atoms with E-state index in [4.69, 9.17) is 0 Å². The second-order valence-electron chi connectivity index (χ2n) is 8.19. The van der Waals surface area contributed by atoms with E-state index < -0.39 is 0 Å². The molecule has 29 heavy (non-hydrogen) atoms. The van der Waals surface area contributed by atoms with E-state index >= 15 is 0 Å². The van der Waals surface area contributed by atoms with Gasteiger partial charge in [0.15, 0.2) is 0 Å². The zero-order valence-electron chi connectivity index (χ0n) is 17.4. The van der Waals surface area contributed by atoms with Crippen LogP contribution in [0.2, 0.25) is 0 Å². The summed E-state index contributed by atoms with van der Waals surface area (Å²) < 4.78 is 0. The summed E-state index contributed by atoms with van der Waals surface area (Å²) in [5.41, 5.74) is 2.72. The number of likely N-dealkylation sites (N-methyl/N-ethyl adjacent to an activating group) is 1.